The van der Waals surface area contributed by atoms with Gasteiger partial charge in [-0.15, -0.1) is 0 Å². The Kier molecular flexibility index (Phi) is 19.7. The fraction of sp³-hybridized carbons (Fsp3) is 0.732. The van der Waals surface area contributed by atoms with Crippen LogP contribution in [0.25, 0.3) is 0 Å². The molecule has 0 bridgehead atoms. The van der Waals surface area contributed by atoms with Crippen molar-refractivity contribution >= 4 is 26.2 Å². The van der Waals surface area contributed by atoms with Crippen molar-refractivity contribution in [1.82, 2.24) is 5.32 Å². The van der Waals surface area contributed by atoms with Gasteiger partial charge < -0.3 is 39.3 Å². The highest BCUT2D eigenvalue weighted by atomic mass is 28.4. The van der Waals surface area contributed by atoms with Gasteiger partial charge in [0, 0.05) is 32.3 Å². The molecular formula is C41H69NO10Si. The number of carbonyl (C=O) groups excluding carboxylic acids is 2. The Morgan fingerprint density at radius 2 is 1.53 bits per heavy atom. The van der Waals surface area contributed by atoms with Crippen LogP contribution in [0.5, 0.6) is 5.75 Å². The van der Waals surface area contributed by atoms with Crippen LogP contribution in [0.15, 0.2) is 36.4 Å². The van der Waals surface area contributed by atoms with Crippen molar-refractivity contribution in [3.8, 4) is 5.75 Å². The molecule has 0 aromatic heterocycles. The first-order valence-corrected chi connectivity index (χ1v) is 22.7. The number of phenols is 1. The molecule has 1 aromatic carbocycles. The molecule has 1 saturated heterocycles. The van der Waals surface area contributed by atoms with Crippen LogP contribution < -0.4 is 5.32 Å². The van der Waals surface area contributed by atoms with Crippen LogP contribution >= 0.6 is 0 Å². The van der Waals surface area contributed by atoms with Crippen LogP contribution in [0.2, 0.25) is 18.1 Å². The lowest BCUT2D eigenvalue weighted by molar-refractivity contribution is -0.168. The fourth-order valence-corrected chi connectivity index (χ4v) is 7.30. The average molecular weight is 764 g/mol. The van der Waals surface area contributed by atoms with Gasteiger partial charge in [0.2, 0.25) is 5.91 Å². The maximum absolute atomic E-state index is 14.0. The van der Waals surface area contributed by atoms with E-state index < -0.39 is 49.5 Å². The van der Waals surface area contributed by atoms with Crippen LogP contribution in [0.4, 0.5) is 0 Å². The molecule has 2 rings (SSSR count). The summed E-state index contributed by atoms with van der Waals surface area (Å²) in [5.74, 6) is -4.99. The van der Waals surface area contributed by atoms with Gasteiger partial charge in [-0.3, -0.25) is 4.79 Å². The van der Waals surface area contributed by atoms with E-state index >= 15 is 0 Å². The number of aliphatic carboxylic acids is 1. The summed E-state index contributed by atoms with van der Waals surface area (Å²) in [6.07, 6.45) is 14.9. The molecule has 53 heavy (non-hydrogen) atoms. The number of aliphatic hydroxyl groups is 1. The largest absolute Gasteiger partial charge is 0.508 e. The molecule has 4 N–H and O–H groups in total. The van der Waals surface area contributed by atoms with Crippen molar-refractivity contribution in [2.24, 2.45) is 5.92 Å². The van der Waals surface area contributed by atoms with Gasteiger partial charge in [0.15, 0.2) is 19.7 Å². The molecule has 1 aliphatic heterocycles. The van der Waals surface area contributed by atoms with Gasteiger partial charge in [-0.2, -0.15) is 0 Å². The number of esters is 1. The SMILES string of the molecule is CCCCCCCC1(CCCCCC/C=C/[C@H](C(=O)N[C@@H](Cc2ccc(O)cc2)C(=O)OCC)[C@@](O)(CCO[Si](C)(C)C(C)(C)C)C(=O)O)OCCO1. The maximum Gasteiger partial charge on any atom is 0.336 e. The van der Waals surface area contributed by atoms with E-state index in [1.165, 1.54) is 43.9 Å². The average Bonchev–Trinajstić information content (AvgIpc) is 3.56. The number of hydrogen-bond donors (Lipinski definition) is 4. The zero-order valence-corrected chi connectivity index (χ0v) is 34.5. The Bertz CT molecular complexity index is 1270. The summed E-state index contributed by atoms with van der Waals surface area (Å²) < 4.78 is 23.6. The van der Waals surface area contributed by atoms with Crippen LogP contribution in [-0.2, 0) is 39.4 Å². The van der Waals surface area contributed by atoms with Crippen LogP contribution in [0.1, 0.15) is 124 Å². The second-order valence-corrected chi connectivity index (χ2v) is 20.7. The molecule has 1 amide bonds. The smallest absolute Gasteiger partial charge is 0.336 e. The quantitative estimate of drug-likeness (QED) is 0.0317. The zero-order chi connectivity index (χ0) is 39.5. The summed E-state index contributed by atoms with van der Waals surface area (Å²) in [5, 5.41) is 34.4. The van der Waals surface area contributed by atoms with Gasteiger partial charge in [0.05, 0.1) is 25.7 Å². The molecule has 0 saturated carbocycles. The molecule has 0 spiro atoms. The normalized spacial score (nSPS) is 17.0. The number of carboxylic acid groups (broad SMARTS) is 1. The van der Waals surface area contributed by atoms with Crippen molar-refractivity contribution in [2.45, 2.75) is 160 Å². The van der Waals surface area contributed by atoms with E-state index in [0.717, 1.165) is 44.9 Å². The van der Waals surface area contributed by atoms with Crippen molar-refractivity contribution in [3.63, 3.8) is 0 Å². The molecule has 0 radical (unpaired) electrons. The predicted octanol–water partition coefficient (Wildman–Crippen LogP) is 7.83. The minimum Gasteiger partial charge on any atom is -0.508 e. The summed E-state index contributed by atoms with van der Waals surface area (Å²) in [4.78, 5) is 39.7. The molecule has 0 unspecified atom stereocenters. The van der Waals surface area contributed by atoms with Gasteiger partial charge in [0.1, 0.15) is 11.8 Å². The second-order valence-electron chi connectivity index (χ2n) is 15.9. The van der Waals surface area contributed by atoms with Crippen molar-refractivity contribution in [2.75, 3.05) is 26.4 Å². The summed E-state index contributed by atoms with van der Waals surface area (Å²) in [6.45, 7) is 15.4. The molecule has 1 heterocycles. The number of phenolic OH excluding ortho intramolecular Hbond substituents is 1. The first kappa shape index (κ1) is 46.4. The number of unbranched alkanes of at least 4 members (excludes halogenated alkanes) is 8. The van der Waals surface area contributed by atoms with E-state index in [1.807, 2.05) is 13.1 Å². The van der Waals surface area contributed by atoms with Crippen LogP contribution in [0.3, 0.4) is 0 Å². The minimum absolute atomic E-state index is 0.0392. The van der Waals surface area contributed by atoms with Crippen LogP contribution in [-0.4, -0.2) is 85.3 Å². The highest BCUT2D eigenvalue weighted by Crippen LogP contribution is 2.37. The summed E-state index contributed by atoms with van der Waals surface area (Å²) >= 11 is 0. The molecule has 12 heteroatoms. The first-order valence-electron chi connectivity index (χ1n) is 19.8. The number of allylic oxidation sites excluding steroid dienone is 1. The third kappa shape index (κ3) is 15.5. The molecular weight excluding hydrogens is 695 g/mol. The van der Waals surface area contributed by atoms with Gasteiger partial charge >= 0.3 is 11.9 Å². The third-order valence-corrected chi connectivity index (χ3v) is 15.2. The number of carboxylic acids is 1. The van der Waals surface area contributed by atoms with Crippen molar-refractivity contribution in [1.29, 1.82) is 0 Å². The Labute approximate surface area is 319 Å². The lowest BCUT2D eigenvalue weighted by Gasteiger charge is -2.37. The summed E-state index contributed by atoms with van der Waals surface area (Å²) in [6, 6.07) is 5.04. The fourth-order valence-electron chi connectivity index (χ4n) is 6.25. The van der Waals surface area contributed by atoms with Crippen molar-refractivity contribution in [3.05, 3.63) is 42.0 Å². The van der Waals surface area contributed by atoms with E-state index in [-0.39, 0.29) is 36.8 Å². The Morgan fingerprint density at radius 1 is 0.943 bits per heavy atom. The van der Waals surface area contributed by atoms with E-state index in [0.29, 0.717) is 25.2 Å². The first-order chi connectivity index (χ1) is 25.0. The Morgan fingerprint density at radius 3 is 2.08 bits per heavy atom. The third-order valence-electron chi connectivity index (χ3n) is 10.7. The number of hydrogen-bond acceptors (Lipinski definition) is 9. The van der Waals surface area contributed by atoms with E-state index in [4.69, 9.17) is 18.6 Å². The maximum atomic E-state index is 14.0. The molecule has 302 valence electrons. The number of aromatic hydroxyl groups is 1. The molecule has 1 aliphatic rings. The molecule has 1 fully saturated rings. The van der Waals surface area contributed by atoms with Crippen molar-refractivity contribution < 1.29 is 48.3 Å². The van der Waals surface area contributed by atoms with E-state index in [2.05, 4.69) is 33.0 Å². The predicted molar refractivity (Wildman–Crippen MR) is 209 cm³/mol. The summed E-state index contributed by atoms with van der Waals surface area (Å²) in [5.41, 5.74) is -1.86. The zero-order valence-electron chi connectivity index (χ0n) is 33.5. The summed E-state index contributed by atoms with van der Waals surface area (Å²) in [7, 11) is -2.29. The standard InChI is InChI=1S/C41H69NO10Si/c1-8-10-11-15-18-25-40(50-29-30-51-40)26-19-16-13-12-14-17-20-34(41(48,38(46)47)27-28-52-53(6,7)39(3,4)5)36(44)42-35(37(45)49-9-2)31-32-21-23-33(43)24-22-32/h17,20-24,34-35,43,48H,8-16,18-19,25-31H2,1-7H3,(H,42,44)(H,46,47)/b20-17+/t34-,35+,41+/m1/s1. The monoisotopic (exact) mass is 763 g/mol. The number of benzene rings is 1. The van der Waals surface area contributed by atoms with Crippen LogP contribution in [0, 0.1) is 5.92 Å². The second kappa shape index (κ2) is 22.6. The number of amides is 1. The minimum atomic E-state index is -2.51. The Balaban J connectivity index is 2.15. The molecule has 1 aromatic rings. The van der Waals surface area contributed by atoms with E-state index in [9.17, 15) is 29.7 Å². The molecule has 11 nitrogen and oxygen atoms in total. The topological polar surface area (TPSA) is 161 Å². The van der Waals surface area contributed by atoms with Gasteiger partial charge in [0.25, 0.3) is 0 Å². The van der Waals surface area contributed by atoms with E-state index in [1.54, 1.807) is 25.1 Å². The highest BCUT2D eigenvalue weighted by Gasteiger charge is 2.48. The molecule has 0 aliphatic carbocycles. The lowest BCUT2D eigenvalue weighted by Crippen LogP contribution is -2.55. The molecule has 3 atom stereocenters. The number of rotatable bonds is 26. The number of nitrogens with one attached hydrogen (secondary N) is 1. The van der Waals surface area contributed by atoms with Gasteiger partial charge in [-0.05, 0) is 68.4 Å². The number of ether oxygens (including phenoxy) is 3. The highest BCUT2D eigenvalue weighted by molar-refractivity contribution is 6.74. The Hall–Kier alpha value is -2.77. The van der Waals surface area contributed by atoms with Gasteiger partial charge in [-0.1, -0.05) is 90.5 Å². The van der Waals surface area contributed by atoms with Gasteiger partial charge in [-0.25, -0.2) is 9.59 Å². The number of carbonyl (C=O) groups is 3. The lowest BCUT2D eigenvalue weighted by atomic mass is 9.83.